The van der Waals surface area contributed by atoms with Gasteiger partial charge in [-0.25, -0.2) is 4.98 Å². The number of hydrogen-bond donors (Lipinski definition) is 1. The second kappa shape index (κ2) is 3.93. The summed E-state index contributed by atoms with van der Waals surface area (Å²) in [6.07, 6.45) is 2.38. The Kier molecular flexibility index (Phi) is 2.62. The summed E-state index contributed by atoms with van der Waals surface area (Å²) < 4.78 is 2.25. The largest absolute Gasteiger partial charge is 0.397 e. The number of anilines is 1. The first-order valence-corrected chi connectivity index (χ1v) is 5.45. The van der Waals surface area contributed by atoms with Gasteiger partial charge in [-0.2, -0.15) is 0 Å². The maximum Gasteiger partial charge on any atom is 0.112 e. The van der Waals surface area contributed by atoms with Crippen molar-refractivity contribution >= 4 is 16.7 Å². The molecule has 1 aromatic heterocycles. The maximum atomic E-state index is 5.89. The molecule has 0 spiro atoms. The van der Waals surface area contributed by atoms with Crippen LogP contribution >= 0.6 is 0 Å². The number of nitrogens with two attached hydrogens (primary N) is 1. The normalized spacial score (nSPS) is 11.1. The molecule has 3 heteroatoms. The van der Waals surface area contributed by atoms with Gasteiger partial charge < -0.3 is 10.3 Å². The minimum atomic E-state index is 0.769. The van der Waals surface area contributed by atoms with Crippen molar-refractivity contribution in [3.8, 4) is 0 Å². The van der Waals surface area contributed by atoms with Crippen LogP contribution in [0, 0.1) is 6.92 Å². The van der Waals surface area contributed by atoms with Gasteiger partial charge >= 0.3 is 0 Å². The molecule has 0 fully saturated rings. The molecule has 2 aromatic rings. The first kappa shape index (κ1) is 10.0. The lowest BCUT2D eigenvalue weighted by atomic mass is 10.2. The van der Waals surface area contributed by atoms with Crippen LogP contribution in [0.2, 0.25) is 0 Å². The highest BCUT2D eigenvalue weighted by atomic mass is 15.1. The summed E-state index contributed by atoms with van der Waals surface area (Å²) in [5.41, 5.74) is 8.75. The van der Waals surface area contributed by atoms with Crippen molar-refractivity contribution in [2.45, 2.75) is 33.2 Å². The molecule has 0 aliphatic carbocycles. The highest BCUT2D eigenvalue weighted by Crippen LogP contribution is 2.21. The maximum absolute atomic E-state index is 5.89. The molecule has 0 bridgehead atoms. The molecule has 3 nitrogen and oxygen atoms in total. The number of rotatable bonds is 3. The van der Waals surface area contributed by atoms with E-state index >= 15 is 0 Å². The summed E-state index contributed by atoms with van der Waals surface area (Å²) in [5, 5.41) is 0. The van der Waals surface area contributed by atoms with Crippen molar-refractivity contribution in [2.75, 3.05) is 5.73 Å². The van der Waals surface area contributed by atoms with Crippen molar-refractivity contribution in [3.05, 3.63) is 24.0 Å². The van der Waals surface area contributed by atoms with E-state index in [1.807, 2.05) is 19.1 Å². The second-order valence-electron chi connectivity index (χ2n) is 3.88. The van der Waals surface area contributed by atoms with Crippen LogP contribution in [-0.4, -0.2) is 9.55 Å². The standard InChI is InChI=1S/C12H17N3/c1-3-4-8-15-9(2)14-12-10(13)6-5-7-11(12)15/h5-7H,3-4,8,13H2,1-2H3. The van der Waals surface area contributed by atoms with Crippen LogP contribution < -0.4 is 5.73 Å². The van der Waals surface area contributed by atoms with Crippen LogP contribution in [0.3, 0.4) is 0 Å². The van der Waals surface area contributed by atoms with Gasteiger partial charge in [-0.15, -0.1) is 0 Å². The smallest absolute Gasteiger partial charge is 0.112 e. The molecule has 0 unspecified atom stereocenters. The van der Waals surface area contributed by atoms with E-state index in [0.717, 1.165) is 29.1 Å². The lowest BCUT2D eigenvalue weighted by molar-refractivity contribution is 0.631. The fraction of sp³-hybridized carbons (Fsp3) is 0.417. The van der Waals surface area contributed by atoms with Gasteiger partial charge in [0.15, 0.2) is 0 Å². The van der Waals surface area contributed by atoms with E-state index in [0.29, 0.717) is 0 Å². The molecule has 1 aromatic carbocycles. The first-order chi connectivity index (χ1) is 7.24. The van der Waals surface area contributed by atoms with Crippen LogP contribution in [0.25, 0.3) is 11.0 Å². The molecule has 0 saturated carbocycles. The third kappa shape index (κ3) is 1.69. The van der Waals surface area contributed by atoms with E-state index < -0.39 is 0 Å². The summed E-state index contributed by atoms with van der Waals surface area (Å²) in [5.74, 6) is 1.05. The quantitative estimate of drug-likeness (QED) is 0.779. The molecule has 0 atom stereocenters. The van der Waals surface area contributed by atoms with Crippen molar-refractivity contribution < 1.29 is 0 Å². The van der Waals surface area contributed by atoms with Crippen molar-refractivity contribution in [1.29, 1.82) is 0 Å². The number of para-hydroxylation sites is 1. The number of aromatic nitrogens is 2. The van der Waals surface area contributed by atoms with E-state index in [-0.39, 0.29) is 0 Å². The molecular weight excluding hydrogens is 186 g/mol. The molecule has 0 amide bonds. The Morgan fingerprint density at radius 3 is 2.93 bits per heavy atom. The first-order valence-electron chi connectivity index (χ1n) is 5.45. The van der Waals surface area contributed by atoms with Crippen LogP contribution in [0.15, 0.2) is 18.2 Å². The number of aryl methyl sites for hydroxylation is 2. The minimum Gasteiger partial charge on any atom is -0.397 e. The van der Waals surface area contributed by atoms with E-state index in [4.69, 9.17) is 5.73 Å². The van der Waals surface area contributed by atoms with E-state index in [9.17, 15) is 0 Å². The third-order valence-corrected chi connectivity index (χ3v) is 2.74. The van der Waals surface area contributed by atoms with Crippen molar-refractivity contribution in [3.63, 3.8) is 0 Å². The predicted octanol–water partition coefficient (Wildman–Crippen LogP) is 2.73. The van der Waals surface area contributed by atoms with Gasteiger partial charge in [-0.05, 0) is 25.5 Å². The molecule has 0 aliphatic heterocycles. The van der Waals surface area contributed by atoms with Gasteiger partial charge in [0, 0.05) is 6.54 Å². The van der Waals surface area contributed by atoms with Gasteiger partial charge in [0.1, 0.15) is 11.3 Å². The van der Waals surface area contributed by atoms with E-state index in [1.54, 1.807) is 0 Å². The zero-order valence-corrected chi connectivity index (χ0v) is 9.33. The lowest BCUT2D eigenvalue weighted by Gasteiger charge is -2.05. The summed E-state index contributed by atoms with van der Waals surface area (Å²) >= 11 is 0. The Morgan fingerprint density at radius 2 is 2.20 bits per heavy atom. The van der Waals surface area contributed by atoms with Crippen LogP contribution in [0.1, 0.15) is 25.6 Å². The fourth-order valence-electron chi connectivity index (χ4n) is 1.88. The lowest BCUT2D eigenvalue weighted by Crippen LogP contribution is -1.99. The molecule has 2 rings (SSSR count). The molecule has 80 valence electrons. The molecule has 15 heavy (non-hydrogen) atoms. The number of fused-ring (bicyclic) bond motifs is 1. The van der Waals surface area contributed by atoms with Gasteiger partial charge in [0.25, 0.3) is 0 Å². The summed E-state index contributed by atoms with van der Waals surface area (Å²) in [6, 6.07) is 5.97. The Bertz CT molecular complexity index is 471. The van der Waals surface area contributed by atoms with Crippen molar-refractivity contribution in [1.82, 2.24) is 9.55 Å². The summed E-state index contributed by atoms with van der Waals surface area (Å²) in [6.45, 7) is 5.26. The van der Waals surface area contributed by atoms with Gasteiger partial charge in [-0.1, -0.05) is 19.4 Å². The molecule has 0 radical (unpaired) electrons. The summed E-state index contributed by atoms with van der Waals surface area (Å²) in [7, 11) is 0. The SMILES string of the molecule is CCCCn1c(C)nc2c(N)cccc21. The number of imidazole rings is 1. The number of nitrogens with zero attached hydrogens (tertiary/aromatic N) is 2. The highest BCUT2D eigenvalue weighted by molar-refractivity contribution is 5.87. The number of hydrogen-bond acceptors (Lipinski definition) is 2. The Labute approximate surface area is 89.9 Å². The van der Waals surface area contributed by atoms with Crippen molar-refractivity contribution in [2.24, 2.45) is 0 Å². The number of unbranched alkanes of at least 4 members (excludes halogenated alkanes) is 1. The predicted molar refractivity (Wildman–Crippen MR) is 63.8 cm³/mol. The molecule has 2 N–H and O–H groups in total. The average Bonchev–Trinajstić information content (AvgIpc) is 2.54. The minimum absolute atomic E-state index is 0.769. The molecular formula is C12H17N3. The Hall–Kier alpha value is -1.51. The average molecular weight is 203 g/mol. The zero-order chi connectivity index (χ0) is 10.8. The fourth-order valence-corrected chi connectivity index (χ4v) is 1.88. The Morgan fingerprint density at radius 1 is 1.40 bits per heavy atom. The molecule has 1 heterocycles. The van der Waals surface area contributed by atoms with Gasteiger partial charge in [-0.3, -0.25) is 0 Å². The third-order valence-electron chi connectivity index (χ3n) is 2.74. The van der Waals surface area contributed by atoms with Crippen LogP contribution in [0.5, 0.6) is 0 Å². The van der Waals surface area contributed by atoms with Gasteiger partial charge in [0.05, 0.1) is 11.2 Å². The van der Waals surface area contributed by atoms with E-state index in [2.05, 4.69) is 22.5 Å². The zero-order valence-electron chi connectivity index (χ0n) is 9.33. The summed E-state index contributed by atoms with van der Waals surface area (Å²) in [4.78, 5) is 4.50. The topological polar surface area (TPSA) is 43.8 Å². The highest BCUT2D eigenvalue weighted by Gasteiger charge is 2.08. The monoisotopic (exact) mass is 203 g/mol. The molecule has 0 saturated heterocycles. The second-order valence-corrected chi connectivity index (χ2v) is 3.88. The number of nitrogen functional groups attached to an aromatic ring is 1. The Balaban J connectivity index is 2.53. The van der Waals surface area contributed by atoms with Crippen LogP contribution in [-0.2, 0) is 6.54 Å². The van der Waals surface area contributed by atoms with Gasteiger partial charge in [0.2, 0.25) is 0 Å². The number of benzene rings is 1. The molecule has 0 aliphatic rings. The van der Waals surface area contributed by atoms with E-state index in [1.165, 1.54) is 12.8 Å². The van der Waals surface area contributed by atoms with Crippen LogP contribution in [0.4, 0.5) is 5.69 Å².